The molecule has 0 spiro atoms. The zero-order valence-corrected chi connectivity index (χ0v) is 22.0. The Morgan fingerprint density at radius 2 is 1.73 bits per heavy atom. The highest BCUT2D eigenvalue weighted by Crippen LogP contribution is 2.26. The number of amides is 2. The molecule has 0 saturated carbocycles. The molecule has 0 aromatic heterocycles. The van der Waals surface area contributed by atoms with Crippen LogP contribution in [0.1, 0.15) is 11.1 Å². The van der Waals surface area contributed by atoms with E-state index in [0.29, 0.717) is 21.5 Å². The molecule has 1 atom stereocenters. The van der Waals surface area contributed by atoms with E-state index in [1.54, 1.807) is 42.5 Å². The first kappa shape index (κ1) is 27.7. The molecule has 3 aromatic carbocycles. The molecule has 2 N–H and O–H groups in total. The van der Waals surface area contributed by atoms with Crippen LogP contribution in [0.25, 0.3) is 0 Å². The summed E-state index contributed by atoms with van der Waals surface area (Å²) < 4.78 is 5.14. The predicted octanol–water partition coefficient (Wildman–Crippen LogP) is 4.50. The quantitative estimate of drug-likeness (QED) is 0.211. The number of nitrogens with one attached hydrogen (secondary N) is 2. The number of nitrogens with zero attached hydrogens (tertiary/aromatic N) is 3. The summed E-state index contributed by atoms with van der Waals surface area (Å²) in [5.74, 6) is -0.247. The molecule has 37 heavy (non-hydrogen) atoms. The van der Waals surface area contributed by atoms with Crippen LogP contribution < -0.4 is 15.4 Å². The summed E-state index contributed by atoms with van der Waals surface area (Å²) in [5.41, 5.74) is 2.22. The van der Waals surface area contributed by atoms with Gasteiger partial charge in [0.05, 0.1) is 30.9 Å². The van der Waals surface area contributed by atoms with Gasteiger partial charge in [-0.3, -0.25) is 9.59 Å². The monoisotopic (exact) mass is 539 g/mol. The van der Waals surface area contributed by atoms with E-state index in [9.17, 15) is 14.9 Å². The topological polar surface area (TPSA) is 97.7 Å². The van der Waals surface area contributed by atoms with Crippen molar-refractivity contribution in [2.75, 3.05) is 26.0 Å². The van der Waals surface area contributed by atoms with Gasteiger partial charge in [0.1, 0.15) is 11.8 Å². The van der Waals surface area contributed by atoms with Gasteiger partial charge in [-0.1, -0.05) is 65.7 Å². The predicted molar refractivity (Wildman–Crippen MR) is 144 cm³/mol. The Morgan fingerprint density at radius 3 is 2.35 bits per heavy atom. The molecule has 0 unspecified atom stereocenters. The number of likely N-dealkylation sites (N-methyl/N-ethyl adjacent to an activating group) is 1. The molecule has 0 aliphatic carbocycles. The number of methoxy groups -OCH3 is 1. The fraction of sp³-hybridized carbons (Fsp3) is 0.222. The van der Waals surface area contributed by atoms with Gasteiger partial charge in [0.25, 0.3) is 5.91 Å². The zero-order valence-electron chi connectivity index (χ0n) is 20.4. The molecule has 0 bridgehead atoms. The number of hydrogen-bond donors (Lipinski definition) is 2. The molecule has 0 aliphatic rings. The van der Waals surface area contributed by atoms with Gasteiger partial charge in [0.2, 0.25) is 5.91 Å². The third-order valence-electron chi connectivity index (χ3n) is 5.57. The smallest absolute Gasteiger partial charge is 0.264 e. The van der Waals surface area contributed by atoms with Gasteiger partial charge in [-0.05, 0) is 35.4 Å². The number of hydrazine groups is 1. The summed E-state index contributed by atoms with van der Waals surface area (Å²) in [6, 6.07) is 20.5. The standard InChI is InChI=1S/C27H27Cl2N5O3/c1-33(34(18-30)17-20-8-10-21(28)11-9-20)27(36)25(14-19-6-4-3-5-7-19)32-26(35)16-31-24-13-12-22(37-2)15-23(24)29/h3-13,15,25,31H,14,16-17H2,1-2H3,(H,32,35)/t25-/m0/s1. The van der Waals surface area contributed by atoms with Gasteiger partial charge in [0, 0.05) is 24.6 Å². The number of rotatable bonds is 11. The maximum atomic E-state index is 13.5. The Kier molecular flexibility index (Phi) is 10.0. The number of halogens is 2. The molecular weight excluding hydrogens is 513 g/mol. The van der Waals surface area contributed by atoms with E-state index in [2.05, 4.69) is 10.6 Å². The van der Waals surface area contributed by atoms with Crippen molar-refractivity contribution in [3.05, 3.63) is 94.0 Å². The molecule has 0 fully saturated rings. The lowest BCUT2D eigenvalue weighted by Crippen LogP contribution is -2.53. The molecule has 0 radical (unpaired) electrons. The molecule has 192 valence electrons. The van der Waals surface area contributed by atoms with Crippen LogP contribution in [-0.4, -0.2) is 48.6 Å². The van der Waals surface area contributed by atoms with E-state index in [-0.39, 0.29) is 19.5 Å². The highest BCUT2D eigenvalue weighted by Gasteiger charge is 2.27. The summed E-state index contributed by atoms with van der Waals surface area (Å²) in [7, 11) is 3.04. The molecule has 0 heterocycles. The lowest BCUT2D eigenvalue weighted by molar-refractivity contribution is -0.145. The van der Waals surface area contributed by atoms with E-state index in [1.165, 1.54) is 24.2 Å². The minimum Gasteiger partial charge on any atom is -0.497 e. The minimum atomic E-state index is -0.908. The first-order valence-electron chi connectivity index (χ1n) is 11.4. The maximum Gasteiger partial charge on any atom is 0.264 e. The number of carbonyl (C=O) groups excluding carboxylic acids is 2. The average Bonchev–Trinajstić information content (AvgIpc) is 2.91. The van der Waals surface area contributed by atoms with Crippen LogP contribution >= 0.6 is 23.2 Å². The third kappa shape index (κ3) is 8.04. The normalized spacial score (nSPS) is 11.1. The van der Waals surface area contributed by atoms with Gasteiger partial charge in [-0.15, -0.1) is 0 Å². The van der Waals surface area contributed by atoms with Crippen molar-refractivity contribution >= 4 is 40.7 Å². The number of ether oxygens (including phenoxy) is 1. The number of benzene rings is 3. The first-order chi connectivity index (χ1) is 17.8. The number of hydrogen-bond acceptors (Lipinski definition) is 6. The van der Waals surface area contributed by atoms with Crippen molar-refractivity contribution < 1.29 is 14.3 Å². The number of nitriles is 1. The van der Waals surface area contributed by atoms with E-state index in [4.69, 9.17) is 27.9 Å². The van der Waals surface area contributed by atoms with E-state index in [0.717, 1.165) is 11.1 Å². The fourth-order valence-corrected chi connectivity index (χ4v) is 3.92. The Hall–Kier alpha value is -3.93. The average molecular weight is 540 g/mol. The van der Waals surface area contributed by atoms with Gasteiger partial charge >= 0.3 is 0 Å². The molecule has 3 aromatic rings. The molecule has 0 saturated heterocycles. The first-order valence-corrected chi connectivity index (χ1v) is 12.2. The Balaban J connectivity index is 1.71. The lowest BCUT2D eigenvalue weighted by atomic mass is 10.0. The molecule has 3 rings (SSSR count). The van der Waals surface area contributed by atoms with Crippen LogP contribution in [0.15, 0.2) is 72.8 Å². The third-order valence-corrected chi connectivity index (χ3v) is 6.14. The van der Waals surface area contributed by atoms with Crippen LogP contribution in [0.4, 0.5) is 5.69 Å². The van der Waals surface area contributed by atoms with Gasteiger partial charge in [-0.25, -0.2) is 10.0 Å². The van der Waals surface area contributed by atoms with Gasteiger partial charge < -0.3 is 15.4 Å². The molecular formula is C27H27Cl2N5O3. The van der Waals surface area contributed by atoms with Crippen LogP contribution in [0.3, 0.4) is 0 Å². The van der Waals surface area contributed by atoms with Crippen molar-refractivity contribution in [1.29, 1.82) is 5.26 Å². The molecule has 0 aliphatic heterocycles. The fourth-order valence-electron chi connectivity index (χ4n) is 3.55. The van der Waals surface area contributed by atoms with Crippen LogP contribution in [0.5, 0.6) is 5.75 Å². The van der Waals surface area contributed by atoms with Crippen LogP contribution in [0, 0.1) is 11.5 Å². The second-order valence-electron chi connectivity index (χ2n) is 8.16. The molecule has 8 nitrogen and oxygen atoms in total. The van der Waals surface area contributed by atoms with Crippen molar-refractivity contribution in [1.82, 2.24) is 15.3 Å². The van der Waals surface area contributed by atoms with Gasteiger partial charge in [-0.2, -0.15) is 5.26 Å². The van der Waals surface area contributed by atoms with Crippen molar-refractivity contribution in [2.24, 2.45) is 0 Å². The summed E-state index contributed by atoms with van der Waals surface area (Å²) in [5, 5.41) is 18.9. The second kappa shape index (κ2) is 13.4. The van der Waals surface area contributed by atoms with Gasteiger partial charge in [0.15, 0.2) is 6.19 Å². The SMILES string of the molecule is COc1ccc(NCC(=O)N[C@@H](Cc2ccccc2)C(=O)N(C)N(C#N)Cc2ccc(Cl)cc2)c(Cl)c1. The highest BCUT2D eigenvalue weighted by atomic mass is 35.5. The Bertz CT molecular complexity index is 1250. The summed E-state index contributed by atoms with van der Waals surface area (Å²) in [6.45, 7) is 0.0561. The summed E-state index contributed by atoms with van der Waals surface area (Å²) >= 11 is 12.2. The Labute approximate surface area is 226 Å². The summed E-state index contributed by atoms with van der Waals surface area (Å²) in [6.07, 6.45) is 2.28. The molecule has 10 heteroatoms. The van der Waals surface area contributed by atoms with Crippen molar-refractivity contribution in [3.63, 3.8) is 0 Å². The number of anilines is 1. The maximum absolute atomic E-state index is 13.5. The highest BCUT2D eigenvalue weighted by molar-refractivity contribution is 6.33. The van der Waals surface area contributed by atoms with Crippen LogP contribution in [0.2, 0.25) is 10.0 Å². The molecule has 2 amide bonds. The lowest BCUT2D eigenvalue weighted by Gasteiger charge is -2.30. The largest absolute Gasteiger partial charge is 0.497 e. The van der Waals surface area contributed by atoms with Crippen molar-refractivity contribution in [2.45, 2.75) is 19.0 Å². The minimum absolute atomic E-state index is 0.110. The van der Waals surface area contributed by atoms with Crippen LogP contribution in [-0.2, 0) is 22.6 Å². The van der Waals surface area contributed by atoms with Crippen molar-refractivity contribution in [3.8, 4) is 11.9 Å². The number of carbonyl (C=O) groups is 2. The van der Waals surface area contributed by atoms with E-state index in [1.807, 2.05) is 36.5 Å². The van der Waals surface area contributed by atoms with E-state index < -0.39 is 17.9 Å². The second-order valence-corrected chi connectivity index (χ2v) is 9.00. The zero-order chi connectivity index (χ0) is 26.8. The van der Waals surface area contributed by atoms with E-state index >= 15 is 0 Å². The summed E-state index contributed by atoms with van der Waals surface area (Å²) in [4.78, 5) is 26.3. The Morgan fingerprint density at radius 1 is 1.03 bits per heavy atom.